The molecule has 2 atom stereocenters. The van der Waals surface area contributed by atoms with Crippen LogP contribution in [0.4, 0.5) is 0 Å². The Morgan fingerprint density at radius 1 is 1.32 bits per heavy atom. The van der Waals surface area contributed by atoms with Crippen molar-refractivity contribution in [2.24, 2.45) is 11.7 Å². The van der Waals surface area contributed by atoms with Gasteiger partial charge in [-0.05, 0) is 37.3 Å². The average molecular weight is 343 g/mol. The summed E-state index contributed by atoms with van der Waals surface area (Å²) >= 11 is 0. The molecular formula is C20H29N3O2. The van der Waals surface area contributed by atoms with Crippen molar-refractivity contribution in [3.63, 3.8) is 0 Å². The molecule has 1 aromatic heterocycles. The minimum atomic E-state index is -0.168. The monoisotopic (exact) mass is 343 g/mol. The van der Waals surface area contributed by atoms with Crippen molar-refractivity contribution in [3.05, 3.63) is 41.2 Å². The Morgan fingerprint density at radius 3 is 2.76 bits per heavy atom. The van der Waals surface area contributed by atoms with Crippen LogP contribution in [0, 0.1) is 5.92 Å². The molecule has 0 aliphatic heterocycles. The second kappa shape index (κ2) is 9.37. The SMILES string of the molecule is CNC1=CCCC=C1c1cc(OC)nc(C(N)CCCC(C)C=O)c1. The van der Waals surface area contributed by atoms with Crippen molar-refractivity contribution in [3.8, 4) is 5.88 Å². The molecule has 3 N–H and O–H groups in total. The fraction of sp³-hybridized carbons (Fsp3) is 0.500. The number of pyridine rings is 1. The summed E-state index contributed by atoms with van der Waals surface area (Å²) in [5.41, 5.74) is 10.5. The van der Waals surface area contributed by atoms with Gasteiger partial charge >= 0.3 is 0 Å². The maximum absolute atomic E-state index is 10.7. The van der Waals surface area contributed by atoms with Crippen molar-refractivity contribution in [1.82, 2.24) is 10.3 Å². The number of nitrogens with zero attached hydrogens (tertiary/aromatic N) is 1. The van der Waals surface area contributed by atoms with Gasteiger partial charge < -0.3 is 20.6 Å². The fourth-order valence-corrected chi connectivity index (χ4v) is 3.04. The first-order chi connectivity index (χ1) is 12.1. The molecule has 2 rings (SSSR count). The molecule has 25 heavy (non-hydrogen) atoms. The molecule has 1 aliphatic rings. The lowest BCUT2D eigenvalue weighted by molar-refractivity contribution is -0.110. The van der Waals surface area contributed by atoms with Crippen LogP contribution in [-0.2, 0) is 4.79 Å². The van der Waals surface area contributed by atoms with Gasteiger partial charge in [0.15, 0.2) is 0 Å². The third kappa shape index (κ3) is 5.16. The molecule has 1 aliphatic carbocycles. The zero-order valence-corrected chi connectivity index (χ0v) is 15.4. The number of ether oxygens (including phenoxy) is 1. The van der Waals surface area contributed by atoms with Gasteiger partial charge in [-0.3, -0.25) is 0 Å². The van der Waals surface area contributed by atoms with Crippen LogP contribution in [0.2, 0.25) is 0 Å². The number of aldehydes is 1. The average Bonchev–Trinajstić information content (AvgIpc) is 2.67. The first-order valence-corrected chi connectivity index (χ1v) is 8.94. The molecule has 0 spiro atoms. The highest BCUT2D eigenvalue weighted by Gasteiger charge is 2.16. The highest BCUT2D eigenvalue weighted by Crippen LogP contribution is 2.30. The molecule has 0 aromatic carbocycles. The van der Waals surface area contributed by atoms with Crippen LogP contribution >= 0.6 is 0 Å². The number of hydrogen-bond acceptors (Lipinski definition) is 5. The third-order valence-corrected chi connectivity index (χ3v) is 4.55. The number of likely N-dealkylation sites (N-methyl/N-ethyl adjacent to an activating group) is 1. The summed E-state index contributed by atoms with van der Waals surface area (Å²) in [4.78, 5) is 15.3. The van der Waals surface area contributed by atoms with E-state index in [9.17, 15) is 4.79 Å². The van der Waals surface area contributed by atoms with Crippen molar-refractivity contribution in [1.29, 1.82) is 0 Å². The number of methoxy groups -OCH3 is 1. The Morgan fingerprint density at radius 2 is 2.08 bits per heavy atom. The summed E-state index contributed by atoms with van der Waals surface area (Å²) in [6, 6.07) is 3.84. The van der Waals surface area contributed by atoms with Gasteiger partial charge in [0, 0.05) is 36.3 Å². The number of nitrogens with two attached hydrogens (primary N) is 1. The van der Waals surface area contributed by atoms with E-state index in [1.54, 1.807) is 7.11 Å². The molecule has 5 heteroatoms. The van der Waals surface area contributed by atoms with Gasteiger partial charge in [-0.1, -0.05) is 25.5 Å². The van der Waals surface area contributed by atoms with E-state index < -0.39 is 0 Å². The molecule has 0 fully saturated rings. The van der Waals surface area contributed by atoms with E-state index in [2.05, 4.69) is 28.5 Å². The first kappa shape index (κ1) is 19.2. The van der Waals surface area contributed by atoms with Crippen molar-refractivity contribution < 1.29 is 9.53 Å². The van der Waals surface area contributed by atoms with E-state index in [1.165, 1.54) is 0 Å². The van der Waals surface area contributed by atoms with E-state index in [-0.39, 0.29) is 12.0 Å². The summed E-state index contributed by atoms with van der Waals surface area (Å²) < 4.78 is 5.39. The van der Waals surface area contributed by atoms with Crippen LogP contribution in [0.1, 0.15) is 56.3 Å². The number of aromatic nitrogens is 1. The molecule has 1 aromatic rings. The zero-order chi connectivity index (χ0) is 18.2. The molecule has 0 radical (unpaired) electrons. The van der Waals surface area contributed by atoms with Gasteiger partial charge in [-0.25, -0.2) is 4.98 Å². The molecule has 0 saturated heterocycles. The van der Waals surface area contributed by atoms with E-state index in [0.29, 0.717) is 5.88 Å². The van der Waals surface area contributed by atoms with Gasteiger partial charge in [-0.15, -0.1) is 0 Å². The molecule has 136 valence electrons. The largest absolute Gasteiger partial charge is 0.481 e. The van der Waals surface area contributed by atoms with Crippen molar-refractivity contribution in [2.45, 2.75) is 45.1 Å². The highest BCUT2D eigenvalue weighted by molar-refractivity contribution is 5.79. The minimum absolute atomic E-state index is 0.0803. The number of allylic oxidation sites excluding steroid dienone is 3. The van der Waals surface area contributed by atoms with Crippen LogP contribution in [0.25, 0.3) is 5.57 Å². The summed E-state index contributed by atoms with van der Waals surface area (Å²) in [5, 5.41) is 3.26. The minimum Gasteiger partial charge on any atom is -0.481 e. The Kier molecular flexibility index (Phi) is 7.19. The van der Waals surface area contributed by atoms with Crippen molar-refractivity contribution in [2.75, 3.05) is 14.2 Å². The van der Waals surface area contributed by atoms with Gasteiger partial charge in [-0.2, -0.15) is 0 Å². The lowest BCUT2D eigenvalue weighted by atomic mass is 9.94. The Balaban J connectivity index is 2.20. The Hall–Kier alpha value is -2.14. The summed E-state index contributed by atoms with van der Waals surface area (Å²) in [5.74, 6) is 0.655. The number of rotatable bonds is 9. The van der Waals surface area contributed by atoms with E-state index in [4.69, 9.17) is 10.5 Å². The smallest absolute Gasteiger partial charge is 0.213 e. The van der Waals surface area contributed by atoms with E-state index in [0.717, 1.165) is 60.9 Å². The van der Waals surface area contributed by atoms with E-state index >= 15 is 0 Å². The van der Waals surface area contributed by atoms with Crippen molar-refractivity contribution >= 4 is 11.9 Å². The second-order valence-corrected chi connectivity index (χ2v) is 6.54. The standard InChI is InChI=1S/C20H29N3O2/c1-14(13-24)7-6-9-17(21)19-11-15(12-20(23-19)25-3)16-8-4-5-10-18(16)22-2/h8,10-14,17,22H,4-7,9,21H2,1-3H3. The quantitative estimate of drug-likeness (QED) is 0.672. The summed E-state index contributed by atoms with van der Waals surface area (Å²) in [6.45, 7) is 1.93. The van der Waals surface area contributed by atoms with Gasteiger partial charge in [0.1, 0.15) is 6.29 Å². The van der Waals surface area contributed by atoms with Crippen LogP contribution < -0.4 is 15.8 Å². The molecule has 5 nitrogen and oxygen atoms in total. The Labute approximate surface area is 150 Å². The van der Waals surface area contributed by atoms with Gasteiger partial charge in [0.05, 0.1) is 12.8 Å². The predicted molar refractivity (Wildman–Crippen MR) is 101 cm³/mol. The number of nitrogens with one attached hydrogen (secondary N) is 1. The van der Waals surface area contributed by atoms with Crippen LogP contribution in [0.15, 0.2) is 30.0 Å². The summed E-state index contributed by atoms with van der Waals surface area (Å²) in [7, 11) is 3.56. The molecule has 0 saturated carbocycles. The molecule has 0 amide bonds. The lowest BCUT2D eigenvalue weighted by Gasteiger charge is -2.19. The molecule has 0 bridgehead atoms. The second-order valence-electron chi connectivity index (χ2n) is 6.54. The Bertz CT molecular complexity index is 652. The van der Waals surface area contributed by atoms with Gasteiger partial charge in [0.2, 0.25) is 5.88 Å². The summed E-state index contributed by atoms with van der Waals surface area (Å²) in [6.07, 6.45) is 10.1. The zero-order valence-electron chi connectivity index (χ0n) is 15.4. The fourth-order valence-electron chi connectivity index (χ4n) is 3.04. The highest BCUT2D eigenvalue weighted by atomic mass is 16.5. The molecule has 1 heterocycles. The topological polar surface area (TPSA) is 77.2 Å². The third-order valence-electron chi connectivity index (χ3n) is 4.55. The maximum Gasteiger partial charge on any atom is 0.213 e. The van der Waals surface area contributed by atoms with Crippen LogP contribution in [-0.4, -0.2) is 25.4 Å². The first-order valence-electron chi connectivity index (χ1n) is 8.94. The number of carbonyl (C=O) groups excluding carboxylic acids is 1. The van der Waals surface area contributed by atoms with Gasteiger partial charge in [0.25, 0.3) is 0 Å². The molecule has 2 unspecified atom stereocenters. The molecular weight excluding hydrogens is 314 g/mol. The lowest BCUT2D eigenvalue weighted by Crippen LogP contribution is -2.15. The number of hydrogen-bond donors (Lipinski definition) is 2. The maximum atomic E-state index is 10.7. The van der Waals surface area contributed by atoms with E-state index in [1.807, 2.05) is 20.0 Å². The predicted octanol–water partition coefficient (Wildman–Crippen LogP) is 3.38. The normalized spacial score (nSPS) is 16.5. The van der Waals surface area contributed by atoms with Crippen LogP contribution in [0.5, 0.6) is 5.88 Å². The van der Waals surface area contributed by atoms with Crippen LogP contribution in [0.3, 0.4) is 0 Å². The number of carbonyl (C=O) groups is 1.